The van der Waals surface area contributed by atoms with E-state index in [4.69, 9.17) is 9.57 Å². The van der Waals surface area contributed by atoms with Crippen molar-refractivity contribution in [1.82, 2.24) is 5.06 Å². The van der Waals surface area contributed by atoms with Crippen LogP contribution < -0.4 is 4.74 Å². The predicted molar refractivity (Wildman–Crippen MR) is 74.9 cm³/mol. The van der Waals surface area contributed by atoms with E-state index in [2.05, 4.69) is 0 Å². The standard InChI is InChI=1S/C16H15NO3/c1-17(2)20-16(18)12-7-5-9-15-13(12)10-11-6-3-4-8-14(11)19-15/h3-9H,10H2,1-2H3. The zero-order valence-electron chi connectivity index (χ0n) is 11.4. The van der Waals surface area contributed by atoms with Gasteiger partial charge in [0.15, 0.2) is 0 Å². The smallest absolute Gasteiger partial charge is 0.357 e. The number of hydrogen-bond donors (Lipinski definition) is 0. The Balaban J connectivity index is 2.00. The number of para-hydroxylation sites is 1. The SMILES string of the molecule is CN(C)OC(=O)c1cccc2c1Cc1ccccc1O2. The van der Waals surface area contributed by atoms with Crippen LogP contribution in [0.1, 0.15) is 21.5 Å². The normalized spacial score (nSPS) is 12.3. The van der Waals surface area contributed by atoms with E-state index in [1.54, 1.807) is 26.2 Å². The molecule has 4 heteroatoms. The lowest BCUT2D eigenvalue weighted by Gasteiger charge is -2.22. The molecular weight excluding hydrogens is 254 g/mol. The Bertz CT molecular complexity index is 665. The Labute approximate surface area is 117 Å². The summed E-state index contributed by atoms with van der Waals surface area (Å²) in [5, 5.41) is 1.39. The number of hydroxylamine groups is 2. The van der Waals surface area contributed by atoms with Gasteiger partial charge in [0.05, 0.1) is 5.56 Å². The molecule has 0 aliphatic carbocycles. The Hall–Kier alpha value is -2.33. The van der Waals surface area contributed by atoms with Gasteiger partial charge < -0.3 is 9.57 Å². The van der Waals surface area contributed by atoms with Crippen molar-refractivity contribution >= 4 is 5.97 Å². The predicted octanol–water partition coefficient (Wildman–Crippen LogP) is 3.02. The van der Waals surface area contributed by atoms with E-state index in [9.17, 15) is 4.79 Å². The molecule has 0 atom stereocenters. The number of ether oxygens (including phenoxy) is 1. The molecule has 0 aromatic heterocycles. The van der Waals surface area contributed by atoms with Crippen LogP contribution in [0.15, 0.2) is 42.5 Å². The van der Waals surface area contributed by atoms with E-state index in [-0.39, 0.29) is 5.97 Å². The lowest BCUT2D eigenvalue weighted by molar-refractivity contribution is -0.0714. The maximum Gasteiger partial charge on any atom is 0.357 e. The Morgan fingerprint density at radius 2 is 1.85 bits per heavy atom. The van der Waals surface area contributed by atoms with E-state index in [1.165, 1.54) is 5.06 Å². The lowest BCUT2D eigenvalue weighted by Crippen LogP contribution is -2.20. The number of carbonyl (C=O) groups is 1. The molecule has 102 valence electrons. The van der Waals surface area contributed by atoms with E-state index < -0.39 is 0 Å². The van der Waals surface area contributed by atoms with E-state index >= 15 is 0 Å². The van der Waals surface area contributed by atoms with Crippen molar-refractivity contribution in [2.75, 3.05) is 14.1 Å². The van der Waals surface area contributed by atoms with Crippen LogP contribution in [0.5, 0.6) is 11.5 Å². The largest absolute Gasteiger partial charge is 0.457 e. The van der Waals surface area contributed by atoms with Crippen molar-refractivity contribution in [2.24, 2.45) is 0 Å². The summed E-state index contributed by atoms with van der Waals surface area (Å²) in [4.78, 5) is 17.2. The second kappa shape index (κ2) is 4.98. The van der Waals surface area contributed by atoms with Gasteiger partial charge in [-0.3, -0.25) is 0 Å². The Morgan fingerprint density at radius 3 is 2.65 bits per heavy atom. The molecule has 3 rings (SSSR count). The van der Waals surface area contributed by atoms with Crippen molar-refractivity contribution in [1.29, 1.82) is 0 Å². The summed E-state index contributed by atoms with van der Waals surface area (Å²) in [6, 6.07) is 13.3. The Morgan fingerprint density at radius 1 is 1.10 bits per heavy atom. The molecule has 0 bridgehead atoms. The molecular formula is C16H15NO3. The number of rotatable bonds is 2. The number of fused-ring (bicyclic) bond motifs is 2. The fraction of sp³-hybridized carbons (Fsp3) is 0.188. The third-order valence-corrected chi connectivity index (χ3v) is 3.18. The second-order valence-electron chi connectivity index (χ2n) is 4.86. The van der Waals surface area contributed by atoms with Crippen molar-refractivity contribution < 1.29 is 14.4 Å². The van der Waals surface area contributed by atoms with Crippen molar-refractivity contribution in [3.63, 3.8) is 0 Å². The maximum atomic E-state index is 12.1. The summed E-state index contributed by atoms with van der Waals surface area (Å²) in [5.74, 6) is 1.20. The average molecular weight is 269 g/mol. The molecule has 2 aromatic rings. The number of benzene rings is 2. The molecule has 0 saturated carbocycles. The van der Waals surface area contributed by atoms with Crippen LogP contribution in [-0.2, 0) is 11.3 Å². The fourth-order valence-electron chi connectivity index (χ4n) is 2.31. The number of carbonyl (C=O) groups excluding carboxylic acids is 1. The highest BCUT2D eigenvalue weighted by atomic mass is 16.7. The molecule has 0 amide bonds. The first-order valence-corrected chi connectivity index (χ1v) is 6.42. The van der Waals surface area contributed by atoms with Gasteiger partial charge in [0.25, 0.3) is 0 Å². The van der Waals surface area contributed by atoms with Gasteiger partial charge >= 0.3 is 5.97 Å². The van der Waals surface area contributed by atoms with Gasteiger partial charge in [0.1, 0.15) is 11.5 Å². The highest BCUT2D eigenvalue weighted by molar-refractivity contribution is 5.92. The minimum absolute atomic E-state index is 0.366. The minimum Gasteiger partial charge on any atom is -0.457 e. The summed E-state index contributed by atoms with van der Waals surface area (Å²) in [7, 11) is 3.36. The average Bonchev–Trinajstić information content (AvgIpc) is 2.43. The van der Waals surface area contributed by atoms with Crippen LogP contribution in [0, 0.1) is 0 Å². The zero-order valence-corrected chi connectivity index (χ0v) is 11.4. The fourth-order valence-corrected chi connectivity index (χ4v) is 2.31. The first-order chi connectivity index (χ1) is 9.65. The van der Waals surface area contributed by atoms with E-state index in [0.717, 1.165) is 22.6 Å². The molecule has 0 unspecified atom stereocenters. The number of nitrogens with zero attached hydrogens (tertiary/aromatic N) is 1. The summed E-state index contributed by atoms with van der Waals surface area (Å²) >= 11 is 0. The molecule has 20 heavy (non-hydrogen) atoms. The quantitative estimate of drug-likeness (QED) is 0.670. The molecule has 0 spiro atoms. The highest BCUT2D eigenvalue weighted by Crippen LogP contribution is 2.37. The monoisotopic (exact) mass is 269 g/mol. The summed E-state index contributed by atoms with van der Waals surface area (Å²) in [6.45, 7) is 0. The van der Waals surface area contributed by atoms with Crippen LogP contribution in [-0.4, -0.2) is 25.1 Å². The van der Waals surface area contributed by atoms with E-state index in [1.807, 2.05) is 30.3 Å². The van der Waals surface area contributed by atoms with Gasteiger partial charge in [-0.05, 0) is 23.8 Å². The third-order valence-electron chi connectivity index (χ3n) is 3.18. The third kappa shape index (κ3) is 2.26. The van der Waals surface area contributed by atoms with E-state index in [0.29, 0.717) is 12.0 Å². The van der Waals surface area contributed by atoms with Gasteiger partial charge in [-0.1, -0.05) is 24.3 Å². The van der Waals surface area contributed by atoms with Crippen molar-refractivity contribution in [3.8, 4) is 11.5 Å². The summed E-state index contributed by atoms with van der Waals surface area (Å²) in [5.41, 5.74) is 2.49. The van der Waals surface area contributed by atoms with Crippen molar-refractivity contribution in [2.45, 2.75) is 6.42 Å². The summed E-state index contributed by atoms with van der Waals surface area (Å²) in [6.07, 6.45) is 0.671. The molecule has 0 saturated heterocycles. The topological polar surface area (TPSA) is 38.8 Å². The molecule has 1 heterocycles. The van der Waals surface area contributed by atoms with Gasteiger partial charge in [0.2, 0.25) is 0 Å². The van der Waals surface area contributed by atoms with Crippen LogP contribution >= 0.6 is 0 Å². The first-order valence-electron chi connectivity index (χ1n) is 6.42. The van der Waals surface area contributed by atoms with Gasteiger partial charge in [-0.25, -0.2) is 4.79 Å². The highest BCUT2D eigenvalue weighted by Gasteiger charge is 2.23. The number of hydrogen-bond acceptors (Lipinski definition) is 4. The van der Waals surface area contributed by atoms with Crippen molar-refractivity contribution in [3.05, 3.63) is 59.2 Å². The molecule has 4 nitrogen and oxygen atoms in total. The lowest BCUT2D eigenvalue weighted by atomic mass is 9.96. The van der Waals surface area contributed by atoms with Gasteiger partial charge in [0, 0.05) is 26.1 Å². The molecule has 0 N–H and O–H groups in total. The van der Waals surface area contributed by atoms with Crippen LogP contribution in [0.25, 0.3) is 0 Å². The molecule has 2 aromatic carbocycles. The molecule has 1 aliphatic rings. The molecule has 0 fully saturated rings. The maximum absolute atomic E-state index is 12.1. The van der Waals surface area contributed by atoms with Gasteiger partial charge in [-0.2, -0.15) is 0 Å². The van der Waals surface area contributed by atoms with Crippen LogP contribution in [0.3, 0.4) is 0 Å². The molecule has 0 radical (unpaired) electrons. The van der Waals surface area contributed by atoms with Crippen LogP contribution in [0.4, 0.5) is 0 Å². The summed E-state index contributed by atoms with van der Waals surface area (Å²) < 4.78 is 5.85. The molecule has 1 aliphatic heterocycles. The zero-order chi connectivity index (χ0) is 14.1. The Kier molecular flexibility index (Phi) is 3.16. The van der Waals surface area contributed by atoms with Crippen LogP contribution in [0.2, 0.25) is 0 Å². The first kappa shape index (κ1) is 12.7. The van der Waals surface area contributed by atoms with Gasteiger partial charge in [-0.15, -0.1) is 5.06 Å². The second-order valence-corrected chi connectivity index (χ2v) is 4.86. The minimum atomic E-state index is -0.366.